The zero-order chi connectivity index (χ0) is 14.3. The van der Waals surface area contributed by atoms with E-state index in [-0.39, 0.29) is 11.6 Å². The van der Waals surface area contributed by atoms with Gasteiger partial charge in [-0.25, -0.2) is 14.8 Å². The number of aromatic carboxylic acids is 1. The Morgan fingerprint density at radius 1 is 1.45 bits per heavy atom. The molecule has 0 amide bonds. The lowest BCUT2D eigenvalue weighted by molar-refractivity contribution is 0.0697. The lowest BCUT2D eigenvalue weighted by Gasteiger charge is -2.11. The number of imidazole rings is 1. The predicted octanol–water partition coefficient (Wildman–Crippen LogP) is 3.11. The van der Waals surface area contributed by atoms with Crippen molar-refractivity contribution in [3.63, 3.8) is 0 Å². The van der Waals surface area contributed by atoms with Gasteiger partial charge in [0.2, 0.25) is 0 Å². The largest absolute Gasteiger partial charge is 0.478 e. The summed E-state index contributed by atoms with van der Waals surface area (Å²) in [4.78, 5) is 19.8. The van der Waals surface area contributed by atoms with E-state index >= 15 is 0 Å². The van der Waals surface area contributed by atoms with E-state index in [9.17, 15) is 4.79 Å². The molecule has 0 radical (unpaired) electrons. The maximum absolute atomic E-state index is 11.0. The molecule has 0 aliphatic rings. The second-order valence-electron chi connectivity index (χ2n) is 4.66. The average molecular weight is 287 g/mol. The van der Waals surface area contributed by atoms with Gasteiger partial charge in [0.05, 0.1) is 29.0 Å². The van der Waals surface area contributed by atoms with Crippen LogP contribution in [0.3, 0.4) is 0 Å². The molecule has 1 aromatic carbocycles. The fourth-order valence-electron chi connectivity index (χ4n) is 2.16. The highest BCUT2D eigenvalue weighted by atomic mass is 32.1. The number of nitrogens with zero attached hydrogens (tertiary/aromatic N) is 3. The first-order valence-corrected chi connectivity index (χ1v) is 7.06. The molecular weight excluding hydrogens is 274 g/mol. The number of aromatic nitrogens is 3. The quantitative estimate of drug-likeness (QED) is 0.803. The molecule has 0 saturated carbocycles. The first kappa shape index (κ1) is 12.8. The summed E-state index contributed by atoms with van der Waals surface area (Å²) in [7, 11) is 0. The fourth-order valence-corrected chi connectivity index (χ4v) is 3.01. The van der Waals surface area contributed by atoms with E-state index in [2.05, 4.69) is 16.9 Å². The van der Waals surface area contributed by atoms with Crippen molar-refractivity contribution in [2.75, 3.05) is 0 Å². The summed E-state index contributed by atoms with van der Waals surface area (Å²) in [6.45, 7) is 4.03. The summed E-state index contributed by atoms with van der Waals surface area (Å²) in [6.07, 6.45) is 1.73. The number of hydrogen-bond acceptors (Lipinski definition) is 4. The Morgan fingerprint density at radius 2 is 2.25 bits per heavy atom. The first-order chi connectivity index (χ1) is 9.56. The summed E-state index contributed by atoms with van der Waals surface area (Å²) < 4.78 is 2.01. The van der Waals surface area contributed by atoms with Crippen molar-refractivity contribution in [1.29, 1.82) is 0 Å². The molecule has 0 fully saturated rings. The van der Waals surface area contributed by atoms with Crippen LogP contribution >= 0.6 is 11.3 Å². The molecule has 0 spiro atoms. The molecule has 0 aliphatic carbocycles. The van der Waals surface area contributed by atoms with E-state index in [1.165, 1.54) is 0 Å². The van der Waals surface area contributed by atoms with Crippen LogP contribution < -0.4 is 0 Å². The van der Waals surface area contributed by atoms with Crippen molar-refractivity contribution in [3.8, 4) is 0 Å². The minimum Gasteiger partial charge on any atom is -0.478 e. The molecule has 6 heteroatoms. The Kier molecular flexibility index (Phi) is 3.02. The van der Waals surface area contributed by atoms with Crippen LogP contribution in [0.25, 0.3) is 11.0 Å². The van der Waals surface area contributed by atoms with E-state index in [4.69, 9.17) is 5.11 Å². The maximum atomic E-state index is 11.0. The van der Waals surface area contributed by atoms with Crippen molar-refractivity contribution in [2.45, 2.75) is 19.9 Å². The number of carboxylic acid groups (broad SMARTS) is 1. The van der Waals surface area contributed by atoms with Gasteiger partial charge in [-0.15, -0.1) is 11.3 Å². The van der Waals surface area contributed by atoms with Crippen molar-refractivity contribution in [3.05, 3.63) is 46.2 Å². The fraction of sp³-hybridized carbons (Fsp3) is 0.214. The second-order valence-corrected chi connectivity index (χ2v) is 5.55. The van der Waals surface area contributed by atoms with Gasteiger partial charge in [0, 0.05) is 11.1 Å². The highest BCUT2D eigenvalue weighted by Gasteiger charge is 2.15. The van der Waals surface area contributed by atoms with Gasteiger partial charge in [0.15, 0.2) is 0 Å². The molecule has 1 N–H and O–H groups in total. The molecule has 20 heavy (non-hydrogen) atoms. The van der Waals surface area contributed by atoms with Crippen molar-refractivity contribution < 1.29 is 9.90 Å². The average Bonchev–Trinajstić information content (AvgIpc) is 3.03. The summed E-state index contributed by atoms with van der Waals surface area (Å²) in [5.41, 5.74) is 2.86. The first-order valence-electron chi connectivity index (χ1n) is 6.18. The molecule has 0 bridgehead atoms. The summed E-state index contributed by atoms with van der Waals surface area (Å²) >= 11 is 1.62. The van der Waals surface area contributed by atoms with Crippen LogP contribution in [-0.4, -0.2) is 25.6 Å². The number of hydrogen-bond donors (Lipinski definition) is 1. The van der Waals surface area contributed by atoms with Crippen LogP contribution in [0.15, 0.2) is 29.9 Å². The van der Waals surface area contributed by atoms with Crippen LogP contribution in [0.2, 0.25) is 0 Å². The summed E-state index contributed by atoms with van der Waals surface area (Å²) in [5.74, 6) is -0.940. The minimum absolute atomic E-state index is 0.0781. The Bertz CT molecular complexity index is 791. The van der Waals surface area contributed by atoms with Gasteiger partial charge in [-0.2, -0.15) is 0 Å². The molecule has 5 nitrogen and oxygen atoms in total. The van der Waals surface area contributed by atoms with E-state index < -0.39 is 5.97 Å². The molecule has 0 aliphatic heterocycles. The van der Waals surface area contributed by atoms with E-state index in [1.807, 2.05) is 16.9 Å². The van der Waals surface area contributed by atoms with Crippen LogP contribution in [-0.2, 0) is 0 Å². The normalized spacial score (nSPS) is 12.7. The van der Waals surface area contributed by atoms with Gasteiger partial charge in [0.25, 0.3) is 0 Å². The van der Waals surface area contributed by atoms with Crippen LogP contribution in [0.4, 0.5) is 0 Å². The van der Waals surface area contributed by atoms with Crippen LogP contribution in [0, 0.1) is 6.92 Å². The van der Waals surface area contributed by atoms with Gasteiger partial charge in [-0.1, -0.05) is 0 Å². The number of thiazole rings is 1. The second kappa shape index (κ2) is 4.72. The molecule has 0 saturated heterocycles. The molecule has 1 unspecified atom stereocenters. The lowest BCUT2D eigenvalue weighted by Crippen LogP contribution is -2.05. The molecular formula is C14H13N3O2S. The SMILES string of the molecule is Cc1csc(C(C)n2cnc3cc(C(=O)O)ccc32)n1. The number of carbonyl (C=O) groups is 1. The highest BCUT2D eigenvalue weighted by molar-refractivity contribution is 7.09. The van der Waals surface area contributed by atoms with Gasteiger partial charge >= 0.3 is 5.97 Å². The number of rotatable bonds is 3. The van der Waals surface area contributed by atoms with Gasteiger partial charge in [-0.3, -0.25) is 0 Å². The topological polar surface area (TPSA) is 68.0 Å². The Morgan fingerprint density at radius 3 is 2.90 bits per heavy atom. The summed E-state index contributed by atoms with van der Waals surface area (Å²) in [6, 6.07) is 5.06. The molecule has 3 rings (SSSR count). The number of fused-ring (bicyclic) bond motifs is 1. The highest BCUT2D eigenvalue weighted by Crippen LogP contribution is 2.26. The van der Waals surface area contributed by atoms with Crippen molar-refractivity contribution in [1.82, 2.24) is 14.5 Å². The molecule has 2 aromatic heterocycles. The maximum Gasteiger partial charge on any atom is 0.335 e. The standard InChI is InChI=1S/C14H13N3O2S/c1-8-6-20-13(16-8)9(2)17-7-15-11-5-10(14(18)19)3-4-12(11)17/h3-7,9H,1-2H3,(H,18,19). The van der Waals surface area contributed by atoms with Crippen molar-refractivity contribution in [2.24, 2.45) is 0 Å². The Balaban J connectivity index is 2.06. The lowest BCUT2D eigenvalue weighted by atomic mass is 10.2. The third-order valence-corrected chi connectivity index (χ3v) is 4.37. The van der Waals surface area contributed by atoms with Gasteiger partial charge in [0.1, 0.15) is 5.01 Å². The Hall–Kier alpha value is -2.21. The third-order valence-electron chi connectivity index (χ3n) is 3.23. The van der Waals surface area contributed by atoms with E-state index in [1.54, 1.807) is 35.9 Å². The number of benzene rings is 1. The zero-order valence-corrected chi connectivity index (χ0v) is 11.9. The Labute approximate surface area is 119 Å². The van der Waals surface area contributed by atoms with E-state index in [0.717, 1.165) is 16.2 Å². The third kappa shape index (κ3) is 2.08. The number of aryl methyl sites for hydroxylation is 1. The van der Waals surface area contributed by atoms with Crippen LogP contribution in [0.5, 0.6) is 0 Å². The smallest absolute Gasteiger partial charge is 0.335 e. The molecule has 102 valence electrons. The molecule has 3 aromatic rings. The predicted molar refractivity (Wildman–Crippen MR) is 77.4 cm³/mol. The number of carboxylic acids is 1. The van der Waals surface area contributed by atoms with Crippen molar-refractivity contribution >= 4 is 28.3 Å². The minimum atomic E-state index is -0.940. The van der Waals surface area contributed by atoms with Gasteiger partial charge < -0.3 is 9.67 Å². The molecule has 2 heterocycles. The van der Waals surface area contributed by atoms with Gasteiger partial charge in [-0.05, 0) is 32.0 Å². The molecule has 1 atom stereocenters. The van der Waals surface area contributed by atoms with E-state index in [0.29, 0.717) is 5.52 Å². The zero-order valence-electron chi connectivity index (χ0n) is 11.1. The van der Waals surface area contributed by atoms with Crippen LogP contribution in [0.1, 0.15) is 34.0 Å². The summed E-state index contributed by atoms with van der Waals surface area (Å²) in [5, 5.41) is 12.0. The monoisotopic (exact) mass is 287 g/mol.